The molecule has 2 rings (SSSR count). The Morgan fingerprint density at radius 3 is 2.33 bits per heavy atom. The largest absolute Gasteiger partial charge is 0.497 e. The molecule has 1 heterocycles. The molecule has 2 unspecified atom stereocenters. The summed E-state index contributed by atoms with van der Waals surface area (Å²) in [5.74, 6) is -0.0266. The molecule has 132 valence electrons. The van der Waals surface area contributed by atoms with E-state index in [0.29, 0.717) is 19.5 Å². The zero-order chi connectivity index (χ0) is 17.9. The van der Waals surface area contributed by atoms with Gasteiger partial charge in [-0.1, -0.05) is 13.8 Å². The summed E-state index contributed by atoms with van der Waals surface area (Å²) in [7, 11) is 1.62. The number of methoxy groups -OCH3 is 1. The summed E-state index contributed by atoms with van der Waals surface area (Å²) in [5.41, 5.74) is -0.819. The van der Waals surface area contributed by atoms with E-state index in [1.54, 1.807) is 12.0 Å². The molecule has 1 aliphatic rings. The highest BCUT2D eigenvalue weighted by Crippen LogP contribution is 2.39. The maximum absolute atomic E-state index is 12.7. The summed E-state index contributed by atoms with van der Waals surface area (Å²) in [5, 5.41) is 9.35. The number of thioether (sulfide) groups is 1. The summed E-state index contributed by atoms with van der Waals surface area (Å²) in [6.45, 7) is 6.51. The van der Waals surface area contributed by atoms with Gasteiger partial charge >= 0.3 is 5.97 Å². The van der Waals surface area contributed by atoms with E-state index in [2.05, 4.69) is 0 Å². The van der Waals surface area contributed by atoms with Crippen molar-refractivity contribution in [2.45, 2.75) is 37.3 Å². The number of aliphatic carboxylic acids is 1. The number of hydrogen-bond donors (Lipinski definition) is 1. The zero-order valence-corrected chi connectivity index (χ0v) is 15.4. The van der Waals surface area contributed by atoms with Crippen LogP contribution in [0.25, 0.3) is 0 Å². The van der Waals surface area contributed by atoms with Crippen molar-refractivity contribution in [3.63, 3.8) is 0 Å². The van der Waals surface area contributed by atoms with E-state index in [4.69, 9.17) is 4.74 Å². The molecule has 0 bridgehead atoms. The summed E-state index contributed by atoms with van der Waals surface area (Å²) < 4.78 is 5.13. The highest BCUT2D eigenvalue weighted by molar-refractivity contribution is 8.00. The number of carbonyl (C=O) groups is 2. The SMILES string of the molecule is COc1ccc(SC(C)C(=O)N2CCC(C(=O)O)(C(C)C)C2)cc1. The van der Waals surface area contributed by atoms with Crippen molar-refractivity contribution in [3.05, 3.63) is 24.3 Å². The first-order valence-electron chi connectivity index (χ1n) is 8.13. The molecule has 0 radical (unpaired) electrons. The number of nitrogens with zero attached hydrogens (tertiary/aromatic N) is 1. The lowest BCUT2D eigenvalue weighted by Gasteiger charge is -2.29. The molecule has 1 aromatic rings. The number of benzene rings is 1. The molecule has 24 heavy (non-hydrogen) atoms. The monoisotopic (exact) mass is 351 g/mol. The molecule has 0 aromatic heterocycles. The van der Waals surface area contributed by atoms with Crippen LogP contribution in [-0.4, -0.2) is 47.3 Å². The van der Waals surface area contributed by atoms with Crippen molar-refractivity contribution in [1.29, 1.82) is 0 Å². The van der Waals surface area contributed by atoms with Gasteiger partial charge in [-0.15, -0.1) is 11.8 Å². The molecule has 0 aliphatic carbocycles. The maximum atomic E-state index is 12.7. The minimum Gasteiger partial charge on any atom is -0.497 e. The number of ether oxygens (including phenoxy) is 1. The van der Waals surface area contributed by atoms with Crippen LogP contribution in [0.3, 0.4) is 0 Å². The molecule has 1 saturated heterocycles. The summed E-state index contributed by atoms with van der Waals surface area (Å²) >= 11 is 1.48. The number of likely N-dealkylation sites (tertiary alicyclic amines) is 1. The van der Waals surface area contributed by atoms with E-state index in [-0.39, 0.29) is 17.1 Å². The van der Waals surface area contributed by atoms with Gasteiger partial charge in [0.1, 0.15) is 5.75 Å². The second-order valence-corrected chi connectivity index (χ2v) is 7.98. The Morgan fingerprint density at radius 1 is 1.25 bits per heavy atom. The first-order valence-corrected chi connectivity index (χ1v) is 9.01. The quantitative estimate of drug-likeness (QED) is 0.798. The van der Waals surface area contributed by atoms with Crippen LogP contribution in [0, 0.1) is 11.3 Å². The Kier molecular flexibility index (Phi) is 5.80. The van der Waals surface area contributed by atoms with Gasteiger partial charge in [0.2, 0.25) is 5.91 Å². The van der Waals surface area contributed by atoms with Crippen molar-refractivity contribution in [3.8, 4) is 5.75 Å². The summed E-state index contributed by atoms with van der Waals surface area (Å²) in [6, 6.07) is 7.58. The van der Waals surface area contributed by atoms with Gasteiger partial charge in [0.25, 0.3) is 0 Å². The predicted octanol–water partition coefficient (Wildman–Crippen LogP) is 3.14. The van der Waals surface area contributed by atoms with Gasteiger partial charge in [-0.25, -0.2) is 0 Å². The molecule has 1 aliphatic heterocycles. The van der Waals surface area contributed by atoms with E-state index in [9.17, 15) is 14.7 Å². The van der Waals surface area contributed by atoms with Crippen LogP contribution >= 0.6 is 11.8 Å². The molecular weight excluding hydrogens is 326 g/mol. The Bertz CT molecular complexity index is 602. The molecule has 2 atom stereocenters. The maximum Gasteiger partial charge on any atom is 0.311 e. The highest BCUT2D eigenvalue weighted by Gasteiger charge is 2.48. The van der Waals surface area contributed by atoms with Crippen LogP contribution in [0.5, 0.6) is 5.75 Å². The van der Waals surface area contributed by atoms with Crippen LogP contribution in [0.2, 0.25) is 0 Å². The summed E-state index contributed by atoms with van der Waals surface area (Å²) in [4.78, 5) is 27.1. The lowest BCUT2D eigenvalue weighted by atomic mass is 9.76. The first kappa shape index (κ1) is 18.6. The van der Waals surface area contributed by atoms with Crippen LogP contribution < -0.4 is 4.74 Å². The molecular formula is C18H25NO4S. The van der Waals surface area contributed by atoms with E-state index in [1.807, 2.05) is 45.0 Å². The normalized spacial score (nSPS) is 21.8. The Hall–Kier alpha value is -1.69. The third-order valence-corrected chi connectivity index (χ3v) is 5.96. The van der Waals surface area contributed by atoms with Gasteiger partial charge < -0.3 is 14.7 Å². The second kappa shape index (κ2) is 7.47. The number of rotatable bonds is 6. The fourth-order valence-corrected chi connectivity index (χ4v) is 4.03. The summed E-state index contributed by atoms with van der Waals surface area (Å²) in [6.07, 6.45) is 0.520. The number of hydrogen-bond acceptors (Lipinski definition) is 4. The number of carboxylic acid groups (broad SMARTS) is 1. The third-order valence-electron chi connectivity index (χ3n) is 4.86. The average Bonchev–Trinajstić information content (AvgIpc) is 3.01. The minimum absolute atomic E-state index is 0.000377. The zero-order valence-electron chi connectivity index (χ0n) is 14.6. The molecule has 1 fully saturated rings. The van der Waals surface area contributed by atoms with E-state index >= 15 is 0 Å². The molecule has 1 amide bonds. The Morgan fingerprint density at radius 2 is 1.88 bits per heavy atom. The number of amides is 1. The van der Waals surface area contributed by atoms with Gasteiger partial charge in [-0.05, 0) is 43.5 Å². The van der Waals surface area contributed by atoms with Gasteiger partial charge in [-0.2, -0.15) is 0 Å². The van der Waals surface area contributed by atoms with E-state index in [1.165, 1.54) is 11.8 Å². The molecule has 5 nitrogen and oxygen atoms in total. The highest BCUT2D eigenvalue weighted by atomic mass is 32.2. The Balaban J connectivity index is 2.02. The average molecular weight is 351 g/mol. The molecule has 0 spiro atoms. The smallest absolute Gasteiger partial charge is 0.311 e. The predicted molar refractivity (Wildman–Crippen MR) is 94.4 cm³/mol. The van der Waals surface area contributed by atoms with Gasteiger partial charge in [0, 0.05) is 18.0 Å². The molecule has 1 aromatic carbocycles. The van der Waals surface area contributed by atoms with Crippen molar-refractivity contribution in [2.24, 2.45) is 11.3 Å². The number of carbonyl (C=O) groups excluding carboxylic acids is 1. The minimum atomic E-state index is -0.819. The Labute approximate surface area is 147 Å². The van der Waals surface area contributed by atoms with Crippen molar-refractivity contribution >= 4 is 23.6 Å². The molecule has 1 N–H and O–H groups in total. The van der Waals surface area contributed by atoms with Crippen molar-refractivity contribution in [1.82, 2.24) is 4.90 Å². The van der Waals surface area contributed by atoms with Crippen LogP contribution in [-0.2, 0) is 9.59 Å². The van der Waals surface area contributed by atoms with Gasteiger partial charge in [-0.3, -0.25) is 9.59 Å². The van der Waals surface area contributed by atoms with E-state index < -0.39 is 11.4 Å². The van der Waals surface area contributed by atoms with Gasteiger partial charge in [0.15, 0.2) is 0 Å². The topological polar surface area (TPSA) is 66.8 Å². The second-order valence-electron chi connectivity index (χ2n) is 6.56. The third kappa shape index (κ3) is 3.69. The van der Waals surface area contributed by atoms with Gasteiger partial charge in [0.05, 0.1) is 17.8 Å². The fourth-order valence-electron chi connectivity index (χ4n) is 3.08. The van der Waals surface area contributed by atoms with Crippen LogP contribution in [0.1, 0.15) is 27.2 Å². The molecule has 0 saturated carbocycles. The molecule has 6 heteroatoms. The number of carboxylic acids is 1. The van der Waals surface area contributed by atoms with E-state index in [0.717, 1.165) is 10.6 Å². The van der Waals surface area contributed by atoms with Crippen LogP contribution in [0.4, 0.5) is 0 Å². The van der Waals surface area contributed by atoms with Crippen molar-refractivity contribution in [2.75, 3.05) is 20.2 Å². The lowest BCUT2D eigenvalue weighted by Crippen LogP contribution is -2.42. The fraction of sp³-hybridized carbons (Fsp3) is 0.556. The first-order chi connectivity index (χ1) is 11.3. The van der Waals surface area contributed by atoms with Crippen molar-refractivity contribution < 1.29 is 19.4 Å². The van der Waals surface area contributed by atoms with Crippen LogP contribution in [0.15, 0.2) is 29.2 Å². The standard InChI is InChI=1S/C18H25NO4S/c1-12(2)18(17(21)22)9-10-19(11-18)16(20)13(3)24-15-7-5-14(23-4)6-8-15/h5-8,12-13H,9-11H2,1-4H3,(H,21,22). The lowest BCUT2D eigenvalue weighted by molar-refractivity contribution is -0.151.